The predicted octanol–water partition coefficient (Wildman–Crippen LogP) is 4.83. The largest absolute Gasteiger partial charge is 0.490 e. The van der Waals surface area contributed by atoms with E-state index >= 15 is 0 Å². The lowest BCUT2D eigenvalue weighted by atomic mass is 10.1. The van der Waals surface area contributed by atoms with E-state index in [0.29, 0.717) is 19.6 Å². The highest BCUT2D eigenvalue weighted by molar-refractivity contribution is 6.30. The molecule has 32 heavy (non-hydrogen) atoms. The molecule has 0 saturated carbocycles. The minimum absolute atomic E-state index is 0.112. The smallest absolute Gasteiger partial charge is 0.475 e. The monoisotopic (exact) mass is 472 g/mol. The molecule has 11 heteroatoms. The van der Waals surface area contributed by atoms with Gasteiger partial charge in [-0.1, -0.05) is 30.3 Å². The first kappa shape index (κ1) is 25.2. The highest BCUT2D eigenvalue weighted by Gasteiger charge is 2.38. The fraction of sp³-hybridized carbons (Fsp3) is 0.238. The van der Waals surface area contributed by atoms with Crippen LogP contribution in [0.1, 0.15) is 16.7 Å². The zero-order valence-corrected chi connectivity index (χ0v) is 17.8. The summed E-state index contributed by atoms with van der Waals surface area (Å²) in [6, 6.07) is 8.83. The van der Waals surface area contributed by atoms with Crippen molar-refractivity contribution < 1.29 is 27.5 Å². The van der Waals surface area contributed by atoms with Crippen molar-refractivity contribution in [1.82, 2.24) is 9.55 Å². The van der Waals surface area contributed by atoms with Crippen molar-refractivity contribution in [2.45, 2.75) is 19.6 Å². The van der Waals surface area contributed by atoms with Crippen molar-refractivity contribution >= 4 is 40.6 Å². The van der Waals surface area contributed by atoms with E-state index in [9.17, 15) is 17.6 Å². The van der Waals surface area contributed by atoms with Crippen LogP contribution in [0.15, 0.2) is 36.9 Å². The van der Waals surface area contributed by atoms with Crippen molar-refractivity contribution in [3.8, 4) is 0 Å². The summed E-state index contributed by atoms with van der Waals surface area (Å²) in [5.74, 6) is -2.46. The van der Waals surface area contributed by atoms with Gasteiger partial charge in [0.1, 0.15) is 5.82 Å². The van der Waals surface area contributed by atoms with E-state index in [0.717, 1.165) is 33.7 Å². The summed E-state index contributed by atoms with van der Waals surface area (Å²) in [6.07, 6.45) is -3.26. The molecule has 0 aliphatic carbocycles. The van der Waals surface area contributed by atoms with Crippen LogP contribution in [0, 0.1) is 12.7 Å². The molecule has 6 nitrogen and oxygen atoms in total. The molecule has 0 unspecified atom stereocenters. The molecule has 0 saturated heterocycles. The predicted molar refractivity (Wildman–Crippen MR) is 116 cm³/mol. The SMILES string of the molecule is C=Cc1cc2c(cc1C)nc(NCCN)n2Cc1ccc(F)c(Cl)c1.O=C(O)C(F)(F)F. The van der Waals surface area contributed by atoms with Crippen LogP contribution in [0.4, 0.5) is 23.5 Å². The number of aliphatic carboxylic acids is 1. The lowest BCUT2D eigenvalue weighted by Gasteiger charge is -2.11. The normalized spacial score (nSPS) is 11.1. The number of halogens is 5. The number of nitrogens with one attached hydrogen (secondary N) is 1. The topological polar surface area (TPSA) is 93.2 Å². The lowest BCUT2D eigenvalue weighted by molar-refractivity contribution is -0.192. The number of nitrogens with zero attached hydrogens (tertiary/aromatic N) is 2. The first-order valence-electron chi connectivity index (χ1n) is 9.29. The lowest BCUT2D eigenvalue weighted by Crippen LogP contribution is -2.21. The number of alkyl halides is 3. The molecule has 0 radical (unpaired) electrons. The van der Waals surface area contributed by atoms with Gasteiger partial charge in [0.05, 0.1) is 22.6 Å². The molecule has 0 amide bonds. The molecule has 1 heterocycles. The molecule has 3 aromatic rings. The Bertz CT molecular complexity index is 1130. The number of aryl methyl sites for hydroxylation is 1. The highest BCUT2D eigenvalue weighted by Crippen LogP contribution is 2.26. The number of aromatic nitrogens is 2. The van der Waals surface area contributed by atoms with Gasteiger partial charge in [-0.2, -0.15) is 13.2 Å². The number of anilines is 1. The Kier molecular flexibility index (Phi) is 8.23. The average Bonchev–Trinajstić information content (AvgIpc) is 3.04. The summed E-state index contributed by atoms with van der Waals surface area (Å²) < 4.78 is 47.2. The van der Waals surface area contributed by atoms with E-state index in [1.54, 1.807) is 12.1 Å². The minimum Gasteiger partial charge on any atom is -0.475 e. The van der Waals surface area contributed by atoms with E-state index < -0.39 is 18.0 Å². The molecule has 3 rings (SSSR count). The first-order valence-corrected chi connectivity index (χ1v) is 9.67. The Balaban J connectivity index is 0.000000451. The molecular weight excluding hydrogens is 452 g/mol. The molecule has 0 bridgehead atoms. The van der Waals surface area contributed by atoms with Crippen LogP contribution < -0.4 is 11.1 Å². The molecule has 1 aromatic heterocycles. The van der Waals surface area contributed by atoms with E-state index in [4.69, 9.17) is 27.2 Å². The van der Waals surface area contributed by atoms with Crippen molar-refractivity contribution in [3.05, 3.63) is 64.4 Å². The number of carbonyl (C=O) groups is 1. The van der Waals surface area contributed by atoms with Crippen LogP contribution in [0.2, 0.25) is 5.02 Å². The zero-order valence-electron chi connectivity index (χ0n) is 17.0. The molecule has 0 aliphatic heterocycles. The van der Waals surface area contributed by atoms with Gasteiger partial charge < -0.3 is 20.7 Å². The van der Waals surface area contributed by atoms with Crippen LogP contribution >= 0.6 is 11.6 Å². The van der Waals surface area contributed by atoms with Gasteiger partial charge in [0, 0.05) is 13.1 Å². The highest BCUT2D eigenvalue weighted by atomic mass is 35.5. The van der Waals surface area contributed by atoms with Gasteiger partial charge in [-0.15, -0.1) is 0 Å². The number of benzene rings is 2. The maximum Gasteiger partial charge on any atom is 0.490 e. The number of hydrogen-bond donors (Lipinski definition) is 3. The fourth-order valence-corrected chi connectivity index (χ4v) is 3.01. The third kappa shape index (κ3) is 6.21. The summed E-state index contributed by atoms with van der Waals surface area (Å²) in [7, 11) is 0. The molecular formula is C21H21ClF4N4O2. The van der Waals surface area contributed by atoms with Crippen molar-refractivity contribution in [2.24, 2.45) is 5.73 Å². The quantitative estimate of drug-likeness (QED) is 0.447. The van der Waals surface area contributed by atoms with Gasteiger partial charge in [0.15, 0.2) is 0 Å². The van der Waals surface area contributed by atoms with Gasteiger partial charge in [-0.05, 0) is 47.9 Å². The third-order valence-corrected chi connectivity index (χ3v) is 4.64. The summed E-state index contributed by atoms with van der Waals surface area (Å²) >= 11 is 5.92. The molecule has 0 spiro atoms. The van der Waals surface area contributed by atoms with E-state index in [2.05, 4.69) is 22.9 Å². The van der Waals surface area contributed by atoms with Crippen LogP contribution in [0.5, 0.6) is 0 Å². The Labute approximate surface area is 186 Å². The summed E-state index contributed by atoms with van der Waals surface area (Å²) in [4.78, 5) is 13.6. The fourth-order valence-electron chi connectivity index (χ4n) is 2.81. The Morgan fingerprint density at radius 1 is 1.34 bits per heavy atom. The van der Waals surface area contributed by atoms with E-state index in [1.807, 2.05) is 23.6 Å². The number of nitrogens with two attached hydrogens (primary N) is 1. The molecule has 0 atom stereocenters. The van der Waals surface area contributed by atoms with Crippen molar-refractivity contribution in [1.29, 1.82) is 0 Å². The zero-order chi connectivity index (χ0) is 24.1. The summed E-state index contributed by atoms with van der Waals surface area (Å²) in [5, 5.41) is 10.5. The van der Waals surface area contributed by atoms with Gasteiger partial charge in [0.25, 0.3) is 0 Å². The maximum atomic E-state index is 13.4. The second kappa shape index (κ2) is 10.5. The molecule has 172 valence electrons. The summed E-state index contributed by atoms with van der Waals surface area (Å²) in [6.45, 7) is 7.53. The Hall–Kier alpha value is -3.11. The standard InChI is InChI=1S/C19H20ClFN4.C2HF3O2/c1-3-14-10-18-17(8-12(14)2)24-19(23-7-6-22)25(18)11-13-4-5-16(21)15(20)9-13;3-2(4,5)1(6)7/h3-5,8-10H,1,6-7,11,22H2,2H3,(H,23,24);(H,6,7). The van der Waals surface area contributed by atoms with Crippen LogP contribution in [0.3, 0.4) is 0 Å². The van der Waals surface area contributed by atoms with Crippen molar-refractivity contribution in [3.63, 3.8) is 0 Å². The summed E-state index contributed by atoms with van der Waals surface area (Å²) in [5.41, 5.74) is 10.5. The van der Waals surface area contributed by atoms with Gasteiger partial charge in [-0.25, -0.2) is 14.2 Å². The number of rotatable bonds is 6. The second-order valence-electron chi connectivity index (χ2n) is 6.69. The third-order valence-electron chi connectivity index (χ3n) is 4.35. The molecule has 2 aromatic carbocycles. The first-order chi connectivity index (χ1) is 15.0. The van der Waals surface area contributed by atoms with Crippen LogP contribution in [-0.4, -0.2) is 39.9 Å². The average molecular weight is 473 g/mol. The Morgan fingerprint density at radius 3 is 2.53 bits per heavy atom. The van der Waals surface area contributed by atoms with Gasteiger partial charge >= 0.3 is 12.1 Å². The Morgan fingerprint density at radius 2 is 2.00 bits per heavy atom. The molecule has 4 N–H and O–H groups in total. The second-order valence-corrected chi connectivity index (χ2v) is 7.10. The van der Waals surface area contributed by atoms with Crippen molar-refractivity contribution in [2.75, 3.05) is 18.4 Å². The van der Waals surface area contributed by atoms with Gasteiger partial charge in [0.2, 0.25) is 5.95 Å². The van der Waals surface area contributed by atoms with E-state index in [1.165, 1.54) is 6.07 Å². The molecule has 0 aliphatic rings. The maximum absolute atomic E-state index is 13.4. The number of fused-ring (bicyclic) bond motifs is 1. The van der Waals surface area contributed by atoms with Crippen LogP contribution in [-0.2, 0) is 11.3 Å². The minimum atomic E-state index is -5.08. The molecule has 0 fully saturated rings. The van der Waals surface area contributed by atoms with Crippen LogP contribution in [0.25, 0.3) is 17.1 Å². The van der Waals surface area contributed by atoms with E-state index in [-0.39, 0.29) is 5.02 Å². The number of hydrogen-bond acceptors (Lipinski definition) is 4. The number of carboxylic acid groups (broad SMARTS) is 1. The number of imidazole rings is 1. The van der Waals surface area contributed by atoms with Gasteiger partial charge in [-0.3, -0.25) is 0 Å². The number of carboxylic acids is 1.